The molecule has 0 spiro atoms. The highest BCUT2D eigenvalue weighted by Gasteiger charge is 2.22. The van der Waals surface area contributed by atoms with Crippen molar-refractivity contribution in [2.45, 2.75) is 20.1 Å². The second-order valence-electron chi connectivity index (χ2n) is 5.67. The molecule has 2 aromatic heterocycles. The topological polar surface area (TPSA) is 56.2 Å². The molecule has 0 unspecified atom stereocenters. The molecule has 0 saturated carbocycles. The molecule has 3 rings (SSSR count). The number of anilines is 1. The first kappa shape index (κ1) is 15.8. The molecular weight excluding hydrogens is 310 g/mol. The van der Waals surface area contributed by atoms with Crippen LogP contribution in [0, 0.1) is 11.7 Å². The Morgan fingerprint density at radius 1 is 1.30 bits per heavy atom. The van der Waals surface area contributed by atoms with Gasteiger partial charge in [-0.3, -0.25) is 0 Å². The summed E-state index contributed by atoms with van der Waals surface area (Å²) in [6.45, 7) is 11.2. The zero-order valence-corrected chi connectivity index (χ0v) is 14.2. The predicted molar refractivity (Wildman–Crippen MR) is 90.9 cm³/mol. The second-order valence-corrected chi connectivity index (χ2v) is 6.04. The number of aromatic nitrogens is 5. The molecule has 23 heavy (non-hydrogen) atoms. The van der Waals surface area contributed by atoms with Crippen LogP contribution < -0.4 is 9.80 Å². The Balaban J connectivity index is 1.62. The van der Waals surface area contributed by atoms with E-state index in [0.29, 0.717) is 6.54 Å². The number of hydrogen-bond donors (Lipinski definition) is 1. The van der Waals surface area contributed by atoms with Crippen molar-refractivity contribution in [3.63, 3.8) is 0 Å². The third-order valence-electron chi connectivity index (χ3n) is 4.10. The summed E-state index contributed by atoms with van der Waals surface area (Å²) >= 11 is 5.52. The summed E-state index contributed by atoms with van der Waals surface area (Å²) in [6, 6.07) is 1.84. The van der Waals surface area contributed by atoms with E-state index in [9.17, 15) is 0 Å². The van der Waals surface area contributed by atoms with E-state index in [4.69, 9.17) is 12.2 Å². The monoisotopic (exact) mass is 332 g/mol. The molecule has 1 aliphatic heterocycles. The summed E-state index contributed by atoms with van der Waals surface area (Å²) in [4.78, 5) is 12.3. The number of nitrogens with one attached hydrogen (secondary N) is 1. The van der Waals surface area contributed by atoms with Crippen LogP contribution >= 0.6 is 12.2 Å². The Kier molecular flexibility index (Phi) is 4.82. The minimum absolute atomic E-state index is 0.707. The van der Waals surface area contributed by atoms with Gasteiger partial charge in [0.2, 0.25) is 10.7 Å². The number of allylic oxidation sites excluding steroid dienone is 1. The quantitative estimate of drug-likeness (QED) is 0.620. The fourth-order valence-electron chi connectivity index (χ4n) is 2.84. The van der Waals surface area contributed by atoms with Crippen LogP contribution in [0.5, 0.6) is 0 Å². The highest BCUT2D eigenvalue weighted by Crippen LogP contribution is 2.04. The maximum Gasteiger partial charge on any atom is 0.225 e. The maximum atomic E-state index is 5.52. The summed E-state index contributed by atoms with van der Waals surface area (Å²) < 4.78 is 4.71. The molecule has 8 heteroatoms. The molecule has 3 heterocycles. The standard InChI is InChI=1S/C15H21N7S/c1-3-7-21-13(2)18-22(15(21)23)12-19-8-10-20(11-9-19)14-16-5-4-6-17-14/h3-6H,1,7-12H2,2H3/p+1. The van der Waals surface area contributed by atoms with Crippen molar-refractivity contribution in [3.05, 3.63) is 41.7 Å². The van der Waals surface area contributed by atoms with Gasteiger partial charge in [0.05, 0.1) is 26.2 Å². The van der Waals surface area contributed by atoms with Gasteiger partial charge in [-0.2, -0.15) is 9.78 Å². The average Bonchev–Trinajstić information content (AvgIpc) is 2.84. The molecule has 0 radical (unpaired) electrons. The number of nitrogens with zero attached hydrogens (tertiary/aromatic N) is 6. The van der Waals surface area contributed by atoms with Gasteiger partial charge in [-0.05, 0) is 25.2 Å². The Labute approximate surface area is 140 Å². The Morgan fingerprint density at radius 2 is 2.00 bits per heavy atom. The van der Waals surface area contributed by atoms with Crippen LogP contribution in [0.1, 0.15) is 5.82 Å². The predicted octanol–water partition coefficient (Wildman–Crippen LogP) is 0.0611. The van der Waals surface area contributed by atoms with Crippen LogP contribution in [0.4, 0.5) is 5.95 Å². The van der Waals surface area contributed by atoms with Gasteiger partial charge in [0, 0.05) is 18.9 Å². The number of aryl methyl sites for hydroxylation is 1. The van der Waals surface area contributed by atoms with Crippen LogP contribution in [0.15, 0.2) is 31.1 Å². The molecule has 2 aromatic rings. The highest BCUT2D eigenvalue weighted by atomic mass is 32.1. The zero-order valence-electron chi connectivity index (χ0n) is 13.4. The molecular formula is C15H22N7S+. The summed E-state index contributed by atoms with van der Waals surface area (Å²) in [5.74, 6) is 1.75. The van der Waals surface area contributed by atoms with E-state index in [0.717, 1.165) is 49.4 Å². The summed E-state index contributed by atoms with van der Waals surface area (Å²) in [7, 11) is 0. The molecule has 1 fully saturated rings. The van der Waals surface area contributed by atoms with Crippen molar-refractivity contribution in [1.82, 2.24) is 24.3 Å². The lowest BCUT2D eigenvalue weighted by Gasteiger charge is -2.31. The summed E-state index contributed by atoms with van der Waals surface area (Å²) in [6.07, 6.45) is 5.42. The van der Waals surface area contributed by atoms with Gasteiger partial charge in [0.15, 0.2) is 6.67 Å². The zero-order chi connectivity index (χ0) is 16.2. The van der Waals surface area contributed by atoms with Crippen molar-refractivity contribution in [2.75, 3.05) is 31.1 Å². The minimum Gasteiger partial charge on any atom is -0.330 e. The number of piperazine rings is 1. The molecule has 0 bridgehead atoms. The fraction of sp³-hybridized carbons (Fsp3) is 0.467. The molecule has 1 aliphatic rings. The van der Waals surface area contributed by atoms with E-state index in [1.54, 1.807) is 12.4 Å². The lowest BCUT2D eigenvalue weighted by molar-refractivity contribution is -0.924. The largest absolute Gasteiger partial charge is 0.330 e. The van der Waals surface area contributed by atoms with Gasteiger partial charge in [-0.15, -0.1) is 6.58 Å². The van der Waals surface area contributed by atoms with Crippen LogP contribution in [-0.4, -0.2) is 50.5 Å². The number of quaternary nitrogens is 1. The van der Waals surface area contributed by atoms with Gasteiger partial charge in [0.25, 0.3) is 0 Å². The van der Waals surface area contributed by atoms with Crippen molar-refractivity contribution in [1.29, 1.82) is 0 Å². The molecule has 122 valence electrons. The molecule has 1 saturated heterocycles. The molecule has 0 aromatic carbocycles. The molecule has 7 nitrogen and oxygen atoms in total. The molecule has 0 amide bonds. The molecule has 0 atom stereocenters. The number of hydrogen-bond acceptors (Lipinski definition) is 5. The van der Waals surface area contributed by atoms with E-state index in [2.05, 4.69) is 26.5 Å². The van der Waals surface area contributed by atoms with E-state index in [1.807, 2.05) is 28.3 Å². The van der Waals surface area contributed by atoms with E-state index in [-0.39, 0.29) is 0 Å². The first-order chi connectivity index (χ1) is 11.2. The van der Waals surface area contributed by atoms with Crippen molar-refractivity contribution < 1.29 is 4.90 Å². The molecule has 1 N–H and O–H groups in total. The van der Waals surface area contributed by atoms with Gasteiger partial charge in [0.1, 0.15) is 5.82 Å². The normalized spacial score (nSPS) is 15.8. The second kappa shape index (κ2) is 7.01. The summed E-state index contributed by atoms with van der Waals surface area (Å²) in [5, 5.41) is 4.57. The van der Waals surface area contributed by atoms with Crippen LogP contribution in [0.3, 0.4) is 0 Å². The first-order valence-corrected chi connectivity index (χ1v) is 8.20. The van der Waals surface area contributed by atoms with E-state index < -0.39 is 0 Å². The number of rotatable bonds is 5. The fourth-order valence-corrected chi connectivity index (χ4v) is 3.15. The summed E-state index contributed by atoms with van der Waals surface area (Å²) in [5.41, 5.74) is 0. The van der Waals surface area contributed by atoms with E-state index >= 15 is 0 Å². The third kappa shape index (κ3) is 3.48. The average molecular weight is 332 g/mol. The Bertz CT molecular complexity index is 713. The maximum absolute atomic E-state index is 5.52. The van der Waals surface area contributed by atoms with Crippen molar-refractivity contribution >= 4 is 18.2 Å². The van der Waals surface area contributed by atoms with Crippen LogP contribution in [0.2, 0.25) is 0 Å². The Hall–Kier alpha value is -2.06. The lowest BCUT2D eigenvalue weighted by Crippen LogP contribution is -3.14. The minimum atomic E-state index is 0.707. The third-order valence-corrected chi connectivity index (χ3v) is 4.53. The van der Waals surface area contributed by atoms with Gasteiger partial charge in [-0.1, -0.05) is 6.08 Å². The van der Waals surface area contributed by atoms with E-state index in [1.165, 1.54) is 4.90 Å². The smallest absolute Gasteiger partial charge is 0.225 e. The SMILES string of the molecule is C=CCn1c(C)nn(C[NH+]2CCN(c3ncccn3)CC2)c1=S. The Morgan fingerprint density at radius 3 is 2.65 bits per heavy atom. The van der Waals surface area contributed by atoms with Crippen molar-refractivity contribution in [2.24, 2.45) is 0 Å². The first-order valence-electron chi connectivity index (χ1n) is 7.79. The van der Waals surface area contributed by atoms with Crippen LogP contribution in [0.25, 0.3) is 0 Å². The van der Waals surface area contributed by atoms with Gasteiger partial charge < -0.3 is 14.4 Å². The van der Waals surface area contributed by atoms with Crippen LogP contribution in [-0.2, 0) is 13.2 Å². The lowest BCUT2D eigenvalue weighted by atomic mass is 10.3. The van der Waals surface area contributed by atoms with Gasteiger partial charge >= 0.3 is 0 Å². The van der Waals surface area contributed by atoms with Crippen molar-refractivity contribution in [3.8, 4) is 0 Å². The van der Waals surface area contributed by atoms with Gasteiger partial charge in [-0.25, -0.2) is 9.97 Å². The highest BCUT2D eigenvalue weighted by molar-refractivity contribution is 7.71. The molecule has 0 aliphatic carbocycles.